The van der Waals surface area contributed by atoms with Gasteiger partial charge in [-0.1, -0.05) is 12.1 Å². The maximum Gasteiger partial charge on any atom is 0.166 e. The summed E-state index contributed by atoms with van der Waals surface area (Å²) in [7, 11) is -1.89. The van der Waals surface area contributed by atoms with E-state index >= 15 is 0 Å². The minimum atomic E-state index is -3.43. The van der Waals surface area contributed by atoms with Crippen molar-refractivity contribution >= 4 is 9.84 Å². The highest BCUT2D eigenvalue weighted by atomic mass is 32.2. The highest BCUT2D eigenvalue weighted by Crippen LogP contribution is 2.23. The summed E-state index contributed by atoms with van der Waals surface area (Å²) in [5.74, 6) is 0.649. The number of methoxy groups -OCH3 is 1. The van der Waals surface area contributed by atoms with Crippen LogP contribution in [-0.2, 0) is 16.3 Å². The van der Waals surface area contributed by atoms with Crippen LogP contribution in [-0.4, -0.2) is 26.5 Å². The molecule has 1 aromatic carbocycles. The van der Waals surface area contributed by atoms with E-state index in [0.717, 1.165) is 11.8 Å². The summed E-state index contributed by atoms with van der Waals surface area (Å²) in [4.78, 5) is 0. The highest BCUT2D eigenvalue weighted by molar-refractivity contribution is 7.92. The Kier molecular flexibility index (Phi) is 3.79. The number of hydrogen-bond acceptors (Lipinski definition) is 4. The molecule has 0 bridgehead atoms. The maximum atomic E-state index is 11.6. The molecule has 0 aromatic heterocycles. The van der Waals surface area contributed by atoms with Crippen molar-refractivity contribution in [1.82, 2.24) is 0 Å². The summed E-state index contributed by atoms with van der Waals surface area (Å²) in [6, 6.07) is 8.94. The molecule has 0 radical (unpaired) electrons. The molecule has 17 heavy (non-hydrogen) atoms. The van der Waals surface area contributed by atoms with Gasteiger partial charge in [0.25, 0.3) is 0 Å². The Morgan fingerprint density at radius 1 is 1.47 bits per heavy atom. The van der Waals surface area contributed by atoms with Crippen LogP contribution in [0.25, 0.3) is 0 Å². The molecule has 0 N–H and O–H groups in total. The second-order valence-corrected chi connectivity index (χ2v) is 6.59. The summed E-state index contributed by atoms with van der Waals surface area (Å²) in [6.45, 7) is 1.43. The number of nitriles is 1. The van der Waals surface area contributed by atoms with Gasteiger partial charge in [-0.05, 0) is 24.6 Å². The Labute approximate surface area is 102 Å². The minimum Gasteiger partial charge on any atom is -0.497 e. The van der Waals surface area contributed by atoms with E-state index in [2.05, 4.69) is 0 Å². The molecule has 0 spiro atoms. The Morgan fingerprint density at radius 3 is 2.59 bits per heavy atom. The van der Waals surface area contributed by atoms with Crippen molar-refractivity contribution in [3.63, 3.8) is 0 Å². The van der Waals surface area contributed by atoms with Gasteiger partial charge in [0, 0.05) is 12.7 Å². The zero-order chi connectivity index (χ0) is 13.1. The van der Waals surface area contributed by atoms with Crippen LogP contribution in [0.15, 0.2) is 24.3 Å². The first-order valence-corrected chi connectivity index (χ1v) is 6.95. The fourth-order valence-corrected chi connectivity index (χ4v) is 2.02. The van der Waals surface area contributed by atoms with Crippen LogP contribution in [0.4, 0.5) is 0 Å². The zero-order valence-corrected chi connectivity index (χ0v) is 10.9. The molecule has 1 unspecified atom stereocenters. The van der Waals surface area contributed by atoms with Crippen molar-refractivity contribution in [3.8, 4) is 11.8 Å². The minimum absolute atomic E-state index is 0.152. The molecule has 1 aromatic rings. The summed E-state index contributed by atoms with van der Waals surface area (Å²) < 4.78 is 26.8. The van der Waals surface area contributed by atoms with Crippen molar-refractivity contribution < 1.29 is 13.2 Å². The van der Waals surface area contributed by atoms with Crippen molar-refractivity contribution in [3.05, 3.63) is 29.8 Å². The molecule has 4 nitrogen and oxygen atoms in total. The smallest absolute Gasteiger partial charge is 0.166 e. The van der Waals surface area contributed by atoms with Crippen molar-refractivity contribution in [1.29, 1.82) is 5.26 Å². The summed E-state index contributed by atoms with van der Waals surface area (Å²) in [5, 5.41) is 9.05. The van der Waals surface area contributed by atoms with E-state index in [1.165, 1.54) is 6.92 Å². The third-order valence-corrected chi connectivity index (χ3v) is 4.60. The molecule has 0 saturated heterocycles. The topological polar surface area (TPSA) is 67.2 Å². The number of rotatable bonds is 4. The lowest BCUT2D eigenvalue weighted by Gasteiger charge is -2.19. The van der Waals surface area contributed by atoms with E-state index in [1.54, 1.807) is 31.4 Å². The molecule has 92 valence electrons. The zero-order valence-electron chi connectivity index (χ0n) is 10.1. The molecule has 0 amide bonds. The number of nitrogens with zero attached hydrogens (tertiary/aromatic N) is 1. The van der Waals surface area contributed by atoms with E-state index in [0.29, 0.717) is 5.75 Å². The lowest BCUT2D eigenvalue weighted by molar-refractivity contribution is 0.414. The van der Waals surface area contributed by atoms with Crippen LogP contribution in [0.3, 0.4) is 0 Å². The number of hydrogen-bond donors (Lipinski definition) is 0. The molecule has 5 heteroatoms. The third-order valence-electron chi connectivity index (χ3n) is 2.73. The Balaban J connectivity index is 3.09. The van der Waals surface area contributed by atoms with E-state index < -0.39 is 14.6 Å². The van der Waals surface area contributed by atoms with Gasteiger partial charge in [-0.25, -0.2) is 8.42 Å². The van der Waals surface area contributed by atoms with Crippen LogP contribution in [0.1, 0.15) is 12.5 Å². The predicted molar refractivity (Wildman–Crippen MR) is 65.6 cm³/mol. The van der Waals surface area contributed by atoms with Crippen LogP contribution in [0.5, 0.6) is 5.75 Å². The molecule has 0 aliphatic rings. The van der Waals surface area contributed by atoms with Gasteiger partial charge in [0.1, 0.15) is 5.75 Å². The molecule has 1 atom stereocenters. The summed E-state index contributed by atoms with van der Waals surface area (Å²) in [5.41, 5.74) is 0.763. The van der Waals surface area contributed by atoms with Gasteiger partial charge in [0.2, 0.25) is 0 Å². The fourth-order valence-electron chi connectivity index (χ4n) is 1.43. The van der Waals surface area contributed by atoms with Gasteiger partial charge in [0.15, 0.2) is 14.6 Å². The largest absolute Gasteiger partial charge is 0.497 e. The van der Waals surface area contributed by atoms with Gasteiger partial charge < -0.3 is 4.74 Å². The van der Waals surface area contributed by atoms with Crippen LogP contribution in [0, 0.1) is 11.3 Å². The maximum absolute atomic E-state index is 11.6. The molecule has 0 heterocycles. The average molecular weight is 253 g/mol. The lowest BCUT2D eigenvalue weighted by Crippen LogP contribution is -2.35. The standard InChI is InChI=1S/C12H15NO3S/c1-12(9-13,17(3,14)15)8-10-5-4-6-11(7-10)16-2/h4-7H,8H2,1-3H3. The van der Waals surface area contributed by atoms with Crippen molar-refractivity contribution in [2.75, 3.05) is 13.4 Å². The lowest BCUT2D eigenvalue weighted by atomic mass is 10.0. The molecule has 0 saturated carbocycles. The predicted octanol–water partition coefficient (Wildman–Crippen LogP) is 1.56. The average Bonchev–Trinajstić information content (AvgIpc) is 2.27. The van der Waals surface area contributed by atoms with E-state index in [1.807, 2.05) is 6.07 Å². The molecular weight excluding hydrogens is 238 g/mol. The Bertz CT molecular complexity index is 545. The quantitative estimate of drug-likeness (QED) is 0.816. The van der Waals surface area contributed by atoms with Gasteiger partial charge >= 0.3 is 0 Å². The Morgan fingerprint density at radius 2 is 2.12 bits per heavy atom. The van der Waals surface area contributed by atoms with Gasteiger partial charge in [-0.2, -0.15) is 5.26 Å². The second-order valence-electron chi connectivity index (χ2n) is 4.14. The van der Waals surface area contributed by atoms with Crippen LogP contribution in [0.2, 0.25) is 0 Å². The molecule has 0 fully saturated rings. The SMILES string of the molecule is COc1cccc(CC(C)(C#N)S(C)(=O)=O)c1. The first-order chi connectivity index (χ1) is 7.82. The second kappa shape index (κ2) is 4.76. The highest BCUT2D eigenvalue weighted by Gasteiger charge is 2.36. The Hall–Kier alpha value is -1.54. The van der Waals surface area contributed by atoms with Crippen molar-refractivity contribution in [2.24, 2.45) is 0 Å². The fraction of sp³-hybridized carbons (Fsp3) is 0.417. The van der Waals surface area contributed by atoms with Crippen molar-refractivity contribution in [2.45, 2.75) is 18.1 Å². The number of benzene rings is 1. The normalized spacial score (nSPS) is 14.7. The summed E-state index contributed by atoms with van der Waals surface area (Å²) >= 11 is 0. The van der Waals surface area contributed by atoms with Gasteiger partial charge in [-0.15, -0.1) is 0 Å². The number of ether oxygens (including phenoxy) is 1. The van der Waals surface area contributed by atoms with E-state index in [9.17, 15) is 8.42 Å². The van der Waals surface area contributed by atoms with Gasteiger partial charge in [0.05, 0.1) is 13.2 Å². The molecular formula is C12H15NO3S. The molecule has 0 aliphatic carbocycles. The number of sulfone groups is 1. The van der Waals surface area contributed by atoms with E-state index in [-0.39, 0.29) is 6.42 Å². The van der Waals surface area contributed by atoms with E-state index in [4.69, 9.17) is 10.00 Å². The molecule has 0 aliphatic heterocycles. The summed E-state index contributed by atoms with van der Waals surface area (Å²) in [6.07, 6.45) is 1.23. The first kappa shape index (κ1) is 13.5. The third kappa shape index (κ3) is 2.98. The van der Waals surface area contributed by atoms with Crippen LogP contribution < -0.4 is 4.74 Å². The monoisotopic (exact) mass is 253 g/mol. The van der Waals surface area contributed by atoms with Crippen LogP contribution >= 0.6 is 0 Å². The first-order valence-electron chi connectivity index (χ1n) is 5.06. The molecule has 1 rings (SSSR count). The van der Waals surface area contributed by atoms with Gasteiger partial charge in [-0.3, -0.25) is 0 Å².